The van der Waals surface area contributed by atoms with Crippen LogP contribution >= 0.6 is 0 Å². The van der Waals surface area contributed by atoms with Crippen LogP contribution in [0.25, 0.3) is 0 Å². The molecule has 0 aromatic heterocycles. The number of hydrogen-bond donors (Lipinski definition) is 2. The van der Waals surface area contributed by atoms with Crippen LogP contribution in [-0.2, 0) is 9.59 Å². The fourth-order valence-electron chi connectivity index (χ4n) is 2.63. The van der Waals surface area contributed by atoms with Crippen molar-refractivity contribution in [2.75, 3.05) is 0 Å². The summed E-state index contributed by atoms with van der Waals surface area (Å²) in [7, 11) is 0. The number of carboxylic acid groups (broad SMARTS) is 2. The van der Waals surface area contributed by atoms with Gasteiger partial charge >= 0.3 is 82.2 Å². The third-order valence-electron chi connectivity index (χ3n) is 4.17. The van der Waals surface area contributed by atoms with Crippen molar-refractivity contribution in [1.82, 2.24) is 0 Å². The number of carbonyl (C=O) groups is 2. The van der Waals surface area contributed by atoms with Crippen molar-refractivity contribution < 1.29 is 19.8 Å². The number of unbranched alkanes of at least 4 members (excludes halogenated alkanes) is 7. The van der Waals surface area contributed by atoms with Crippen molar-refractivity contribution in [2.45, 2.75) is 78.6 Å². The van der Waals surface area contributed by atoms with Crippen molar-refractivity contribution in [2.24, 2.45) is 11.3 Å². The molecule has 0 rings (SSSR count). The number of carboxylic acids is 2. The molecule has 0 atom stereocenters. The predicted molar refractivity (Wildman–Crippen MR) is 94.1 cm³/mol. The summed E-state index contributed by atoms with van der Waals surface area (Å²) in [6.45, 7) is 5.53. The molecule has 0 aromatic rings. The van der Waals surface area contributed by atoms with E-state index in [0.29, 0.717) is 6.42 Å². The Morgan fingerprint density at radius 2 is 1.23 bits per heavy atom. The minimum atomic E-state index is -1.62. The second-order valence-electron chi connectivity index (χ2n) is 5.96. The fourth-order valence-corrected chi connectivity index (χ4v) is 2.63. The van der Waals surface area contributed by atoms with Crippen LogP contribution in [0.2, 0.25) is 0 Å². The van der Waals surface area contributed by atoms with Crippen LogP contribution in [-0.4, -0.2) is 92.4 Å². The molecule has 0 heterocycles. The number of rotatable bonds is 12. The van der Waals surface area contributed by atoms with E-state index in [9.17, 15) is 19.8 Å². The Labute approximate surface area is 189 Å². The van der Waals surface area contributed by atoms with Crippen LogP contribution < -0.4 is 0 Å². The van der Waals surface area contributed by atoms with Gasteiger partial charge in [0.15, 0.2) is 5.41 Å². The van der Waals surface area contributed by atoms with Crippen molar-refractivity contribution >= 4 is 82.2 Å². The van der Waals surface area contributed by atoms with Gasteiger partial charge in [-0.1, -0.05) is 72.1 Å². The maximum atomic E-state index is 11.4. The summed E-state index contributed by atoms with van der Waals surface area (Å²) in [5, 5.41) is 18.6. The van der Waals surface area contributed by atoms with E-state index in [2.05, 4.69) is 6.92 Å². The molecule has 0 saturated carbocycles. The standard InChI is InChI=1S/C16H30O4.K.Li.2H/c1-4-5-6-7-8-9-10-11-12-16(13(2)3,14(17)18)15(19)20;;;;/h13H,4-12H2,1-3H3,(H,17,18)(H,19,20);;;;. The molecule has 0 aliphatic heterocycles. The molecule has 0 radical (unpaired) electrons. The van der Waals surface area contributed by atoms with Gasteiger partial charge in [-0.05, 0) is 12.3 Å². The van der Waals surface area contributed by atoms with Gasteiger partial charge in [-0.25, -0.2) is 0 Å². The second kappa shape index (κ2) is 15.7. The zero-order valence-corrected chi connectivity index (χ0v) is 13.2. The van der Waals surface area contributed by atoms with Crippen LogP contribution in [0.15, 0.2) is 0 Å². The zero-order chi connectivity index (χ0) is 15.6. The molecular weight excluding hydrogens is 302 g/mol. The van der Waals surface area contributed by atoms with Gasteiger partial charge in [0.2, 0.25) is 0 Å². The Morgan fingerprint density at radius 3 is 1.55 bits per heavy atom. The maximum absolute atomic E-state index is 11.4. The van der Waals surface area contributed by atoms with Gasteiger partial charge in [0, 0.05) is 0 Å². The second-order valence-corrected chi connectivity index (χ2v) is 5.96. The summed E-state index contributed by atoms with van der Waals surface area (Å²) in [6.07, 6.45) is 9.03. The molecule has 0 spiro atoms. The van der Waals surface area contributed by atoms with Gasteiger partial charge in [0.25, 0.3) is 0 Å². The van der Waals surface area contributed by atoms with Gasteiger partial charge in [-0.15, -0.1) is 0 Å². The Morgan fingerprint density at radius 1 is 0.864 bits per heavy atom. The third kappa shape index (κ3) is 9.46. The normalized spacial score (nSPS) is 10.7. The first-order valence-electron chi connectivity index (χ1n) is 7.86. The molecule has 22 heavy (non-hydrogen) atoms. The van der Waals surface area contributed by atoms with E-state index in [4.69, 9.17) is 0 Å². The van der Waals surface area contributed by atoms with E-state index < -0.39 is 23.3 Å². The van der Waals surface area contributed by atoms with E-state index in [1.807, 2.05) is 0 Å². The zero-order valence-electron chi connectivity index (χ0n) is 13.2. The Bertz CT molecular complexity index is 295. The third-order valence-corrected chi connectivity index (χ3v) is 4.17. The average Bonchev–Trinajstić information content (AvgIpc) is 2.35. The van der Waals surface area contributed by atoms with Crippen LogP contribution in [0, 0.1) is 11.3 Å². The first-order valence-corrected chi connectivity index (χ1v) is 7.86. The molecule has 0 unspecified atom stereocenters. The summed E-state index contributed by atoms with van der Waals surface area (Å²) in [6, 6.07) is 0. The van der Waals surface area contributed by atoms with Crippen molar-refractivity contribution in [1.29, 1.82) is 0 Å². The molecule has 0 saturated heterocycles. The first-order chi connectivity index (χ1) is 9.39. The summed E-state index contributed by atoms with van der Waals surface area (Å²) in [5.41, 5.74) is -1.62. The van der Waals surface area contributed by atoms with E-state index in [0.717, 1.165) is 19.3 Å². The molecule has 122 valence electrons. The van der Waals surface area contributed by atoms with Crippen LogP contribution in [0.3, 0.4) is 0 Å². The summed E-state index contributed by atoms with van der Waals surface area (Å²) in [5.74, 6) is -2.81. The molecule has 0 amide bonds. The number of aliphatic carboxylic acids is 2. The topological polar surface area (TPSA) is 74.6 Å². The van der Waals surface area contributed by atoms with E-state index >= 15 is 0 Å². The SMILES string of the molecule is CCCCCCCCCCC(C(=O)O)(C(=O)O)C(C)C.[KH].[LiH]. The average molecular weight is 334 g/mol. The molecule has 0 aromatic carbocycles. The van der Waals surface area contributed by atoms with Gasteiger partial charge in [-0.3, -0.25) is 9.59 Å². The van der Waals surface area contributed by atoms with Crippen LogP contribution in [0.5, 0.6) is 0 Å². The van der Waals surface area contributed by atoms with Crippen LogP contribution in [0.4, 0.5) is 0 Å². The van der Waals surface area contributed by atoms with Crippen molar-refractivity contribution in [3.63, 3.8) is 0 Å². The van der Waals surface area contributed by atoms with Crippen molar-refractivity contribution in [3.05, 3.63) is 0 Å². The Kier molecular flexibility index (Phi) is 20.0. The molecule has 2 N–H and O–H groups in total. The quantitative estimate of drug-likeness (QED) is 0.327. The molecule has 0 aliphatic carbocycles. The van der Waals surface area contributed by atoms with Gasteiger partial charge in [0.05, 0.1) is 0 Å². The Balaban J connectivity index is -0.00000180. The molecule has 0 fully saturated rings. The number of hydrogen-bond acceptors (Lipinski definition) is 2. The van der Waals surface area contributed by atoms with Gasteiger partial charge in [0.1, 0.15) is 0 Å². The molecule has 4 nitrogen and oxygen atoms in total. The van der Waals surface area contributed by atoms with E-state index in [1.165, 1.54) is 25.7 Å². The summed E-state index contributed by atoms with van der Waals surface area (Å²) < 4.78 is 0. The summed E-state index contributed by atoms with van der Waals surface area (Å²) >= 11 is 0. The van der Waals surface area contributed by atoms with Gasteiger partial charge in [-0.2, -0.15) is 0 Å². The molecule has 0 aliphatic rings. The predicted octanol–water partition coefficient (Wildman–Crippen LogP) is 3.03. The molecule has 6 heteroatoms. The van der Waals surface area contributed by atoms with Crippen molar-refractivity contribution in [3.8, 4) is 0 Å². The molecular formula is C16H32KLiO4. The fraction of sp³-hybridized carbons (Fsp3) is 0.875. The molecule has 0 bridgehead atoms. The first kappa shape index (κ1) is 28.0. The van der Waals surface area contributed by atoms with Crippen LogP contribution in [0.1, 0.15) is 78.6 Å². The van der Waals surface area contributed by atoms with Gasteiger partial charge < -0.3 is 10.2 Å². The minimum absolute atomic E-state index is 0. The summed E-state index contributed by atoms with van der Waals surface area (Å²) in [4.78, 5) is 22.7. The van der Waals surface area contributed by atoms with E-state index in [-0.39, 0.29) is 76.7 Å². The Hall–Kier alpha value is 1.17. The van der Waals surface area contributed by atoms with E-state index in [1.54, 1.807) is 13.8 Å². The monoisotopic (exact) mass is 334 g/mol.